The molecule has 4 unspecified atom stereocenters. The van der Waals surface area contributed by atoms with E-state index in [1.165, 1.54) is 5.56 Å². The van der Waals surface area contributed by atoms with Crippen LogP contribution < -0.4 is 31.4 Å². The lowest BCUT2D eigenvalue weighted by Gasteiger charge is -2.22. The number of carbonyl (C=O) groups excluding carboxylic acids is 1. The molecule has 3 N–H and O–H groups in total. The molecule has 1 amide bonds. The van der Waals surface area contributed by atoms with E-state index >= 15 is 0 Å². The van der Waals surface area contributed by atoms with Crippen molar-refractivity contribution in [2.45, 2.75) is 78.5 Å². The highest BCUT2D eigenvalue weighted by molar-refractivity contribution is 6.64. The Morgan fingerprint density at radius 2 is 1.36 bits per heavy atom. The standard InChI is InChI=1S/C17H24BNO5.C12H16BNO3.ClH/c1-10-6-7-12-15-14(10)13(8-19-16(20)22-17(3,4)5)24-18(15)23-11(2)9-21-12;1-7-3-4-9-12-11(7)10(5-14)17-13(12)16-8(2)6-15-9;/h6-7,11,13H,8-9H2,1-5H3,(H,19,20);3-4,8,10H,5-6,14H2,1-2H3;1H. The van der Waals surface area contributed by atoms with Crippen molar-refractivity contribution < 1.29 is 37.6 Å². The Bertz CT molecular complexity index is 1290. The molecular weight excluding hydrogens is 561 g/mol. The minimum absolute atomic E-state index is 0. The first-order valence-electron chi connectivity index (χ1n) is 14.3. The number of benzene rings is 2. The lowest BCUT2D eigenvalue weighted by Crippen LogP contribution is -2.36. The van der Waals surface area contributed by atoms with Crippen LogP contribution in [0.5, 0.6) is 11.5 Å². The van der Waals surface area contributed by atoms with Gasteiger partial charge in [0.05, 0.1) is 24.4 Å². The molecule has 0 aromatic heterocycles. The van der Waals surface area contributed by atoms with Gasteiger partial charge < -0.3 is 43.9 Å². The van der Waals surface area contributed by atoms with E-state index in [9.17, 15) is 4.79 Å². The molecule has 42 heavy (non-hydrogen) atoms. The number of amides is 1. The summed E-state index contributed by atoms with van der Waals surface area (Å²) in [7, 11) is -0.788. The third-order valence-electron chi connectivity index (χ3n) is 7.33. The van der Waals surface area contributed by atoms with Gasteiger partial charge in [-0.1, -0.05) is 12.1 Å². The quantitative estimate of drug-likeness (QED) is 0.511. The Morgan fingerprint density at radius 1 is 0.881 bits per heavy atom. The number of aryl methyl sites for hydroxylation is 2. The van der Waals surface area contributed by atoms with E-state index in [0.717, 1.165) is 39.1 Å². The van der Waals surface area contributed by atoms with Crippen LogP contribution >= 0.6 is 12.4 Å². The van der Waals surface area contributed by atoms with Crippen molar-refractivity contribution in [3.8, 4) is 11.5 Å². The summed E-state index contributed by atoms with van der Waals surface area (Å²) in [4.78, 5) is 11.9. The third-order valence-corrected chi connectivity index (χ3v) is 7.33. The normalized spacial score (nSPS) is 23.5. The smallest absolute Gasteiger partial charge is 0.491 e. The second kappa shape index (κ2) is 13.0. The van der Waals surface area contributed by atoms with Gasteiger partial charge in [0.25, 0.3) is 0 Å². The van der Waals surface area contributed by atoms with Crippen molar-refractivity contribution in [2.24, 2.45) is 5.73 Å². The number of nitrogens with two attached hydrogens (primary N) is 1. The molecule has 0 radical (unpaired) electrons. The molecule has 0 fully saturated rings. The molecule has 10 nitrogen and oxygen atoms in total. The van der Waals surface area contributed by atoms with E-state index in [1.807, 2.05) is 59.7 Å². The monoisotopic (exact) mass is 602 g/mol. The number of halogens is 1. The molecular formula is C29H41B2ClN2O8. The summed E-state index contributed by atoms with van der Waals surface area (Å²) in [6.07, 6.45) is -0.858. The first kappa shape index (κ1) is 32.4. The number of hydrogen-bond acceptors (Lipinski definition) is 9. The molecule has 4 aliphatic heterocycles. The molecule has 0 bridgehead atoms. The van der Waals surface area contributed by atoms with E-state index in [4.69, 9.17) is 38.6 Å². The number of nitrogens with one attached hydrogen (secondary N) is 1. The fraction of sp³-hybridized carbons (Fsp3) is 0.552. The van der Waals surface area contributed by atoms with Crippen LogP contribution in [0.4, 0.5) is 4.79 Å². The summed E-state index contributed by atoms with van der Waals surface area (Å²) >= 11 is 0. The molecule has 4 heterocycles. The summed E-state index contributed by atoms with van der Waals surface area (Å²) in [6, 6.07) is 8.01. The molecule has 0 aliphatic carbocycles. The van der Waals surface area contributed by atoms with Gasteiger partial charge in [-0.25, -0.2) is 4.79 Å². The van der Waals surface area contributed by atoms with E-state index in [1.54, 1.807) is 0 Å². The first-order valence-corrected chi connectivity index (χ1v) is 14.3. The summed E-state index contributed by atoms with van der Waals surface area (Å²) in [5, 5.41) is 2.78. The van der Waals surface area contributed by atoms with Crippen LogP contribution in [0.25, 0.3) is 0 Å². The number of carbonyl (C=O) groups is 1. The van der Waals surface area contributed by atoms with Crippen LogP contribution in [-0.2, 0) is 23.4 Å². The van der Waals surface area contributed by atoms with Crippen molar-refractivity contribution >= 4 is 43.7 Å². The van der Waals surface area contributed by atoms with Crippen LogP contribution in [0.15, 0.2) is 24.3 Å². The molecule has 228 valence electrons. The van der Waals surface area contributed by atoms with Gasteiger partial charge in [-0.05, 0) is 82.9 Å². The molecule has 13 heteroatoms. The van der Waals surface area contributed by atoms with Gasteiger partial charge in [0.1, 0.15) is 30.3 Å². The zero-order valence-electron chi connectivity index (χ0n) is 25.4. The van der Waals surface area contributed by atoms with E-state index in [-0.39, 0.29) is 43.9 Å². The van der Waals surface area contributed by atoms with Crippen LogP contribution in [0.3, 0.4) is 0 Å². The second-order valence-corrected chi connectivity index (χ2v) is 12.0. The second-order valence-electron chi connectivity index (χ2n) is 12.0. The lowest BCUT2D eigenvalue weighted by molar-refractivity contribution is 0.0485. The van der Waals surface area contributed by atoms with Crippen LogP contribution in [-0.4, -0.2) is 64.4 Å². The molecule has 0 spiro atoms. The molecule has 0 saturated heterocycles. The summed E-state index contributed by atoms with van der Waals surface area (Å²) in [5.41, 5.74) is 11.6. The summed E-state index contributed by atoms with van der Waals surface area (Å²) in [5.74, 6) is 1.67. The Kier molecular flexibility index (Phi) is 10.1. The van der Waals surface area contributed by atoms with Gasteiger partial charge in [0.2, 0.25) is 0 Å². The zero-order chi connectivity index (χ0) is 29.5. The number of alkyl carbamates (subject to hydrolysis) is 1. The first-order chi connectivity index (χ1) is 19.4. The van der Waals surface area contributed by atoms with Gasteiger partial charge in [0, 0.05) is 24.0 Å². The maximum atomic E-state index is 11.9. The molecule has 6 rings (SSSR count). The zero-order valence-corrected chi connectivity index (χ0v) is 26.2. The Labute approximate surface area is 254 Å². The fourth-order valence-electron chi connectivity index (χ4n) is 5.54. The predicted octanol–water partition coefficient (Wildman–Crippen LogP) is 3.02. The summed E-state index contributed by atoms with van der Waals surface area (Å²) < 4.78 is 40.5. The average Bonchev–Trinajstić information content (AvgIpc) is 3.35. The number of hydrogen-bond donors (Lipinski definition) is 2. The molecule has 4 atom stereocenters. The largest absolute Gasteiger partial charge is 0.498 e. The predicted molar refractivity (Wildman–Crippen MR) is 163 cm³/mol. The van der Waals surface area contributed by atoms with Crippen molar-refractivity contribution in [1.82, 2.24) is 5.32 Å². The van der Waals surface area contributed by atoms with Crippen LogP contribution in [0.2, 0.25) is 0 Å². The minimum Gasteiger partial charge on any atom is -0.491 e. The Morgan fingerprint density at radius 3 is 1.83 bits per heavy atom. The average molecular weight is 603 g/mol. The van der Waals surface area contributed by atoms with Gasteiger partial charge in [0.15, 0.2) is 0 Å². The third kappa shape index (κ3) is 6.85. The molecule has 0 saturated carbocycles. The topological polar surface area (TPSA) is 120 Å². The van der Waals surface area contributed by atoms with Crippen molar-refractivity contribution in [3.05, 3.63) is 46.5 Å². The number of rotatable bonds is 3. The van der Waals surface area contributed by atoms with E-state index in [0.29, 0.717) is 26.3 Å². The highest BCUT2D eigenvalue weighted by Gasteiger charge is 2.44. The van der Waals surface area contributed by atoms with Crippen molar-refractivity contribution in [3.63, 3.8) is 0 Å². The van der Waals surface area contributed by atoms with E-state index < -0.39 is 18.8 Å². The van der Waals surface area contributed by atoms with Crippen molar-refractivity contribution in [1.29, 1.82) is 0 Å². The van der Waals surface area contributed by atoms with Crippen LogP contribution in [0, 0.1) is 13.8 Å². The molecule has 2 aromatic rings. The SMILES string of the molecule is Cc1ccc2c3c1C(CN)OB3OC(C)CO2.Cc1ccc2c3c1C(CNC(=O)OC(C)(C)C)OB3OC(C)CO2.Cl. The number of ether oxygens (including phenoxy) is 3. The lowest BCUT2D eigenvalue weighted by atomic mass is 9.76. The maximum absolute atomic E-state index is 11.9. The Hall–Kier alpha value is -2.47. The minimum atomic E-state index is -0.530. The fourth-order valence-corrected chi connectivity index (χ4v) is 5.54. The molecule has 4 aliphatic rings. The van der Waals surface area contributed by atoms with Gasteiger partial charge in [-0.3, -0.25) is 0 Å². The van der Waals surface area contributed by atoms with Gasteiger partial charge >= 0.3 is 20.3 Å². The maximum Gasteiger partial charge on any atom is 0.498 e. The summed E-state index contributed by atoms with van der Waals surface area (Å²) in [6.45, 7) is 15.4. The van der Waals surface area contributed by atoms with E-state index in [2.05, 4.69) is 18.3 Å². The Balaban J connectivity index is 0.000000198. The van der Waals surface area contributed by atoms with Gasteiger partial charge in [-0.2, -0.15) is 0 Å². The highest BCUT2D eigenvalue weighted by atomic mass is 35.5. The molecule has 2 aromatic carbocycles. The van der Waals surface area contributed by atoms with Gasteiger partial charge in [-0.15, -0.1) is 12.4 Å². The highest BCUT2D eigenvalue weighted by Crippen LogP contribution is 2.34. The van der Waals surface area contributed by atoms with Crippen LogP contribution in [0.1, 0.15) is 69.1 Å². The van der Waals surface area contributed by atoms with Crippen molar-refractivity contribution in [2.75, 3.05) is 26.3 Å².